The maximum Gasteiger partial charge on any atom is 0.282 e. The molecule has 0 radical (unpaired) electrons. The molecule has 0 saturated heterocycles. The standard InChI is InChI=1S/C9H8ClN3O2S/c1-5-2-3-6(15-5)4-11-7(14)8-12-13-9(10)16-8/h2-3H,4H2,1H3,(H,11,14). The Balaban J connectivity index is 1.93. The topological polar surface area (TPSA) is 68.0 Å². The molecule has 0 fully saturated rings. The maximum atomic E-state index is 11.5. The molecule has 5 nitrogen and oxygen atoms in total. The van der Waals surface area contributed by atoms with Crippen molar-refractivity contribution in [2.75, 3.05) is 0 Å². The van der Waals surface area contributed by atoms with E-state index in [0.29, 0.717) is 12.3 Å². The van der Waals surface area contributed by atoms with E-state index in [0.717, 1.165) is 17.1 Å². The van der Waals surface area contributed by atoms with Crippen LogP contribution in [0.5, 0.6) is 0 Å². The Bertz CT molecular complexity index is 508. The molecule has 1 amide bonds. The minimum Gasteiger partial charge on any atom is -0.465 e. The molecular formula is C9H8ClN3O2S. The van der Waals surface area contributed by atoms with E-state index in [1.165, 1.54) is 0 Å². The molecule has 1 N–H and O–H groups in total. The van der Waals surface area contributed by atoms with E-state index >= 15 is 0 Å². The molecule has 0 spiro atoms. The number of carbonyl (C=O) groups excluding carboxylic acids is 1. The van der Waals surface area contributed by atoms with E-state index in [-0.39, 0.29) is 15.4 Å². The van der Waals surface area contributed by atoms with Gasteiger partial charge in [0.25, 0.3) is 5.91 Å². The van der Waals surface area contributed by atoms with E-state index < -0.39 is 0 Å². The molecule has 2 rings (SSSR count). The van der Waals surface area contributed by atoms with Gasteiger partial charge >= 0.3 is 0 Å². The van der Waals surface area contributed by atoms with Crippen molar-refractivity contribution in [2.45, 2.75) is 13.5 Å². The molecular weight excluding hydrogens is 250 g/mol. The molecule has 2 heterocycles. The van der Waals surface area contributed by atoms with E-state index in [1.54, 1.807) is 0 Å². The first-order chi connectivity index (χ1) is 7.65. The lowest BCUT2D eigenvalue weighted by Gasteiger charge is -1.98. The van der Waals surface area contributed by atoms with Crippen LogP contribution in [0.2, 0.25) is 4.47 Å². The highest BCUT2D eigenvalue weighted by Crippen LogP contribution is 2.14. The van der Waals surface area contributed by atoms with Crippen LogP contribution < -0.4 is 5.32 Å². The van der Waals surface area contributed by atoms with E-state index in [9.17, 15) is 4.79 Å². The predicted octanol–water partition coefficient (Wildman–Crippen LogP) is 2.02. The van der Waals surface area contributed by atoms with Crippen molar-refractivity contribution < 1.29 is 9.21 Å². The van der Waals surface area contributed by atoms with Crippen LogP contribution in [0.3, 0.4) is 0 Å². The summed E-state index contributed by atoms with van der Waals surface area (Å²) < 4.78 is 5.55. The molecule has 0 unspecified atom stereocenters. The number of nitrogens with zero attached hydrogens (tertiary/aromatic N) is 2. The Morgan fingerprint density at radius 1 is 1.56 bits per heavy atom. The Morgan fingerprint density at radius 2 is 2.38 bits per heavy atom. The number of hydrogen-bond donors (Lipinski definition) is 1. The van der Waals surface area contributed by atoms with Crippen LogP contribution >= 0.6 is 22.9 Å². The fourth-order valence-corrected chi connectivity index (χ4v) is 1.86. The van der Waals surface area contributed by atoms with Crippen molar-refractivity contribution >= 4 is 28.8 Å². The molecule has 16 heavy (non-hydrogen) atoms. The lowest BCUT2D eigenvalue weighted by Crippen LogP contribution is -2.22. The SMILES string of the molecule is Cc1ccc(CNC(=O)c2nnc(Cl)s2)o1. The maximum absolute atomic E-state index is 11.5. The highest BCUT2D eigenvalue weighted by Gasteiger charge is 2.11. The van der Waals surface area contributed by atoms with Gasteiger partial charge in [-0.25, -0.2) is 0 Å². The van der Waals surface area contributed by atoms with Crippen molar-refractivity contribution in [3.63, 3.8) is 0 Å². The van der Waals surface area contributed by atoms with Crippen molar-refractivity contribution in [3.8, 4) is 0 Å². The minimum absolute atomic E-state index is 0.244. The monoisotopic (exact) mass is 257 g/mol. The van der Waals surface area contributed by atoms with Gasteiger partial charge in [-0.3, -0.25) is 4.79 Å². The second-order valence-electron chi connectivity index (χ2n) is 3.06. The lowest BCUT2D eigenvalue weighted by atomic mass is 10.4. The van der Waals surface area contributed by atoms with Crippen molar-refractivity contribution in [1.29, 1.82) is 0 Å². The molecule has 2 aromatic rings. The zero-order valence-electron chi connectivity index (χ0n) is 8.36. The van der Waals surface area contributed by atoms with Gasteiger partial charge in [0, 0.05) is 0 Å². The predicted molar refractivity (Wildman–Crippen MR) is 59.5 cm³/mol. The molecule has 2 aromatic heterocycles. The number of aryl methyl sites for hydroxylation is 1. The summed E-state index contributed by atoms with van der Waals surface area (Å²) in [6, 6.07) is 3.64. The fraction of sp³-hybridized carbons (Fsp3) is 0.222. The summed E-state index contributed by atoms with van der Waals surface area (Å²) in [7, 11) is 0. The van der Waals surface area contributed by atoms with Crippen LogP contribution in [0, 0.1) is 6.92 Å². The van der Waals surface area contributed by atoms with Gasteiger partial charge in [0.15, 0.2) is 0 Å². The van der Waals surface area contributed by atoms with Gasteiger partial charge in [-0.1, -0.05) is 11.3 Å². The Kier molecular flexibility index (Phi) is 3.21. The van der Waals surface area contributed by atoms with Crippen molar-refractivity contribution in [2.24, 2.45) is 0 Å². The first-order valence-electron chi connectivity index (χ1n) is 4.47. The minimum atomic E-state index is -0.307. The Morgan fingerprint density at radius 3 is 2.94 bits per heavy atom. The van der Waals surface area contributed by atoms with Gasteiger partial charge in [-0.05, 0) is 30.7 Å². The number of furan rings is 1. The summed E-state index contributed by atoms with van der Waals surface area (Å²) in [6.45, 7) is 2.17. The summed E-state index contributed by atoms with van der Waals surface area (Å²) in [5.41, 5.74) is 0. The van der Waals surface area contributed by atoms with Crippen LogP contribution in [0.4, 0.5) is 0 Å². The smallest absolute Gasteiger partial charge is 0.282 e. The van der Waals surface area contributed by atoms with Gasteiger partial charge in [0.05, 0.1) is 6.54 Å². The number of amides is 1. The van der Waals surface area contributed by atoms with E-state index in [2.05, 4.69) is 15.5 Å². The third-order valence-electron chi connectivity index (χ3n) is 1.81. The molecule has 0 saturated carbocycles. The highest BCUT2D eigenvalue weighted by molar-refractivity contribution is 7.17. The van der Waals surface area contributed by atoms with Gasteiger partial charge in [0.2, 0.25) is 9.47 Å². The average molecular weight is 258 g/mol. The molecule has 0 aliphatic rings. The van der Waals surface area contributed by atoms with Crippen LogP contribution in [0.25, 0.3) is 0 Å². The Labute approximate surface area is 100 Å². The lowest BCUT2D eigenvalue weighted by molar-refractivity contribution is 0.0947. The third kappa shape index (κ3) is 2.59. The number of hydrogen-bond acceptors (Lipinski definition) is 5. The number of carbonyl (C=O) groups is 1. The average Bonchev–Trinajstić information content (AvgIpc) is 2.84. The summed E-state index contributed by atoms with van der Waals surface area (Å²) >= 11 is 6.61. The summed E-state index contributed by atoms with van der Waals surface area (Å²) in [4.78, 5) is 11.5. The largest absolute Gasteiger partial charge is 0.465 e. The fourth-order valence-electron chi connectivity index (χ4n) is 1.12. The molecule has 84 valence electrons. The van der Waals surface area contributed by atoms with Gasteiger partial charge in [0.1, 0.15) is 11.5 Å². The van der Waals surface area contributed by atoms with Gasteiger partial charge in [-0.2, -0.15) is 0 Å². The quantitative estimate of drug-likeness (QED) is 0.913. The van der Waals surface area contributed by atoms with Crippen LogP contribution in [0.15, 0.2) is 16.5 Å². The number of halogens is 1. The van der Waals surface area contributed by atoms with Crippen molar-refractivity contribution in [1.82, 2.24) is 15.5 Å². The number of nitrogens with one attached hydrogen (secondary N) is 1. The second kappa shape index (κ2) is 4.63. The van der Waals surface area contributed by atoms with Crippen LogP contribution in [-0.4, -0.2) is 16.1 Å². The first kappa shape index (κ1) is 11.1. The number of aromatic nitrogens is 2. The zero-order chi connectivity index (χ0) is 11.5. The summed E-state index contributed by atoms with van der Waals surface area (Å²) in [5.74, 6) is 1.20. The summed E-state index contributed by atoms with van der Waals surface area (Å²) in [6.07, 6.45) is 0. The molecule has 0 aliphatic heterocycles. The summed E-state index contributed by atoms with van der Waals surface area (Å²) in [5, 5.41) is 10.1. The van der Waals surface area contributed by atoms with Crippen molar-refractivity contribution in [3.05, 3.63) is 33.1 Å². The first-order valence-corrected chi connectivity index (χ1v) is 5.67. The second-order valence-corrected chi connectivity index (χ2v) is 4.61. The molecule has 0 bridgehead atoms. The number of rotatable bonds is 3. The molecule has 7 heteroatoms. The molecule has 0 aromatic carbocycles. The molecule has 0 aliphatic carbocycles. The third-order valence-corrected chi connectivity index (χ3v) is 2.83. The van der Waals surface area contributed by atoms with Gasteiger partial charge < -0.3 is 9.73 Å². The van der Waals surface area contributed by atoms with Gasteiger partial charge in [-0.15, -0.1) is 10.2 Å². The van der Waals surface area contributed by atoms with Crippen LogP contribution in [0.1, 0.15) is 21.3 Å². The highest BCUT2D eigenvalue weighted by atomic mass is 35.5. The zero-order valence-corrected chi connectivity index (χ0v) is 9.93. The normalized spacial score (nSPS) is 10.4. The molecule has 0 atom stereocenters. The van der Waals surface area contributed by atoms with E-state index in [1.807, 2.05) is 19.1 Å². The van der Waals surface area contributed by atoms with E-state index in [4.69, 9.17) is 16.0 Å². The Hall–Kier alpha value is -1.40. The van der Waals surface area contributed by atoms with Crippen LogP contribution in [-0.2, 0) is 6.54 Å².